The summed E-state index contributed by atoms with van der Waals surface area (Å²) in [5, 5.41) is 9.80. The molecule has 3 aromatic rings. The van der Waals surface area contributed by atoms with Crippen molar-refractivity contribution in [1.82, 2.24) is 9.97 Å². The fraction of sp³-hybridized carbons (Fsp3) is 0.200. The molecule has 0 spiro atoms. The number of nitrogens with two attached hydrogens (primary N) is 1. The summed E-state index contributed by atoms with van der Waals surface area (Å²) < 4.78 is 6.51. The number of nitrogens with zero attached hydrogens (tertiary/aromatic N) is 2. The van der Waals surface area contributed by atoms with Gasteiger partial charge in [0.2, 0.25) is 0 Å². The molecule has 0 saturated heterocycles. The lowest BCUT2D eigenvalue weighted by atomic mass is 10.1. The van der Waals surface area contributed by atoms with Crippen LogP contribution in [0.5, 0.6) is 5.75 Å². The number of nitrogens with one attached hydrogen (secondary N) is 1. The maximum Gasteiger partial charge on any atom is 0.161 e. The molecule has 3 rings (SSSR count). The standard InChI is InChI=1S/C15H16N4O2S/c1-2-21-11-6-4-3-5-9(11)13-10(7-20)12-14(22-13)15(19-16)18-8-17-12/h3-6,8,20H,2,7,16H2,1H3,(H,17,18,19). The van der Waals surface area contributed by atoms with Gasteiger partial charge < -0.3 is 15.3 Å². The van der Waals surface area contributed by atoms with E-state index >= 15 is 0 Å². The number of aromatic nitrogens is 2. The molecule has 7 heteroatoms. The topological polar surface area (TPSA) is 93.3 Å². The fourth-order valence-electron chi connectivity index (χ4n) is 2.36. The molecule has 0 radical (unpaired) electrons. The number of para-hydroxylation sites is 1. The number of benzene rings is 1. The molecule has 0 amide bonds. The predicted octanol–water partition coefficient (Wildman–Crippen LogP) is 2.53. The maximum atomic E-state index is 9.80. The normalized spacial score (nSPS) is 10.9. The zero-order valence-electron chi connectivity index (χ0n) is 12.0. The molecule has 6 nitrogen and oxygen atoms in total. The van der Waals surface area contributed by atoms with Gasteiger partial charge in [-0.2, -0.15) is 0 Å². The van der Waals surface area contributed by atoms with E-state index in [1.807, 2.05) is 31.2 Å². The summed E-state index contributed by atoms with van der Waals surface area (Å²) in [7, 11) is 0. The average Bonchev–Trinajstić information content (AvgIpc) is 2.94. The highest BCUT2D eigenvalue weighted by Crippen LogP contribution is 2.43. The second-order valence-corrected chi connectivity index (χ2v) is 5.56. The van der Waals surface area contributed by atoms with Crippen molar-refractivity contribution in [3.05, 3.63) is 36.2 Å². The minimum Gasteiger partial charge on any atom is -0.493 e. The van der Waals surface area contributed by atoms with Crippen molar-refractivity contribution in [2.24, 2.45) is 5.84 Å². The number of rotatable bonds is 5. The minimum absolute atomic E-state index is 0.114. The molecular formula is C15H16N4O2S. The summed E-state index contributed by atoms with van der Waals surface area (Å²) in [6, 6.07) is 7.75. The van der Waals surface area contributed by atoms with Crippen LogP contribution in [-0.2, 0) is 6.61 Å². The molecule has 2 heterocycles. The lowest BCUT2D eigenvalue weighted by molar-refractivity contribution is 0.284. The van der Waals surface area contributed by atoms with Gasteiger partial charge in [0.1, 0.15) is 12.1 Å². The Bertz CT molecular complexity index is 803. The number of nitrogen functional groups attached to an aromatic ring is 1. The number of aliphatic hydroxyl groups excluding tert-OH is 1. The Morgan fingerprint density at radius 3 is 2.86 bits per heavy atom. The van der Waals surface area contributed by atoms with Crippen molar-refractivity contribution in [2.75, 3.05) is 12.0 Å². The molecule has 4 N–H and O–H groups in total. The van der Waals surface area contributed by atoms with E-state index in [-0.39, 0.29) is 6.61 Å². The van der Waals surface area contributed by atoms with Gasteiger partial charge >= 0.3 is 0 Å². The quantitative estimate of drug-likeness (QED) is 0.495. The number of fused-ring (bicyclic) bond motifs is 1. The highest BCUT2D eigenvalue weighted by Gasteiger charge is 2.19. The number of hydrogen-bond acceptors (Lipinski definition) is 7. The third kappa shape index (κ3) is 2.39. The zero-order chi connectivity index (χ0) is 15.5. The Labute approximate surface area is 131 Å². The van der Waals surface area contributed by atoms with Crippen molar-refractivity contribution in [1.29, 1.82) is 0 Å². The molecule has 114 valence electrons. The first-order chi connectivity index (χ1) is 10.8. The average molecular weight is 316 g/mol. The summed E-state index contributed by atoms with van der Waals surface area (Å²) in [6.07, 6.45) is 1.43. The Balaban J connectivity index is 2.27. The minimum atomic E-state index is -0.114. The third-order valence-corrected chi connectivity index (χ3v) is 4.56. The molecule has 2 aromatic heterocycles. The summed E-state index contributed by atoms with van der Waals surface area (Å²) >= 11 is 1.49. The van der Waals surface area contributed by atoms with Crippen LogP contribution in [0.4, 0.5) is 5.82 Å². The molecule has 0 aliphatic carbocycles. The van der Waals surface area contributed by atoms with Gasteiger partial charge in [-0.05, 0) is 19.1 Å². The smallest absolute Gasteiger partial charge is 0.161 e. The van der Waals surface area contributed by atoms with Crippen molar-refractivity contribution in [3.8, 4) is 16.2 Å². The van der Waals surface area contributed by atoms with Gasteiger partial charge in [0.25, 0.3) is 0 Å². The summed E-state index contributed by atoms with van der Waals surface area (Å²) in [4.78, 5) is 9.32. The molecule has 1 aromatic carbocycles. The van der Waals surface area contributed by atoms with Gasteiger partial charge in [0.15, 0.2) is 5.82 Å². The lowest BCUT2D eigenvalue weighted by Crippen LogP contribution is -2.08. The fourth-order valence-corrected chi connectivity index (χ4v) is 3.61. The first-order valence-corrected chi connectivity index (χ1v) is 7.67. The van der Waals surface area contributed by atoms with Gasteiger partial charge in [-0.3, -0.25) is 0 Å². The van der Waals surface area contributed by atoms with E-state index in [9.17, 15) is 5.11 Å². The summed E-state index contributed by atoms with van der Waals surface area (Å²) in [5.41, 5.74) is 4.96. The second-order valence-electron chi connectivity index (χ2n) is 4.54. The second kappa shape index (κ2) is 6.27. The molecule has 0 saturated carbocycles. The highest BCUT2D eigenvalue weighted by atomic mass is 32.1. The van der Waals surface area contributed by atoms with Crippen molar-refractivity contribution in [3.63, 3.8) is 0 Å². The predicted molar refractivity (Wildman–Crippen MR) is 87.8 cm³/mol. The zero-order valence-corrected chi connectivity index (χ0v) is 12.9. The Morgan fingerprint density at radius 1 is 1.32 bits per heavy atom. The SMILES string of the molecule is CCOc1ccccc1-c1sc2c(NN)ncnc2c1CO. The Kier molecular flexibility index (Phi) is 4.19. The molecule has 0 aliphatic heterocycles. The van der Waals surface area contributed by atoms with E-state index in [4.69, 9.17) is 10.6 Å². The molecule has 0 aliphatic rings. The van der Waals surface area contributed by atoms with Crippen molar-refractivity contribution < 1.29 is 9.84 Å². The first-order valence-electron chi connectivity index (χ1n) is 6.86. The summed E-state index contributed by atoms with van der Waals surface area (Å²) in [6.45, 7) is 2.40. The largest absolute Gasteiger partial charge is 0.493 e. The van der Waals surface area contributed by atoms with Crippen LogP contribution in [0.25, 0.3) is 20.7 Å². The third-order valence-electron chi connectivity index (χ3n) is 3.29. The van der Waals surface area contributed by atoms with E-state index in [1.165, 1.54) is 17.7 Å². The van der Waals surface area contributed by atoms with Gasteiger partial charge in [0, 0.05) is 16.0 Å². The van der Waals surface area contributed by atoms with Crippen molar-refractivity contribution >= 4 is 27.4 Å². The summed E-state index contributed by atoms with van der Waals surface area (Å²) in [5.74, 6) is 6.84. The number of ether oxygens (including phenoxy) is 1. The first kappa shape index (κ1) is 14.7. The van der Waals surface area contributed by atoms with E-state index in [0.717, 1.165) is 26.5 Å². The van der Waals surface area contributed by atoms with Gasteiger partial charge in [-0.25, -0.2) is 15.8 Å². The van der Waals surface area contributed by atoms with E-state index < -0.39 is 0 Å². The molecule has 0 bridgehead atoms. The van der Waals surface area contributed by atoms with Crippen LogP contribution in [0.2, 0.25) is 0 Å². The highest BCUT2D eigenvalue weighted by molar-refractivity contribution is 7.23. The molecule has 0 fully saturated rings. The molecule has 0 unspecified atom stereocenters. The van der Waals surface area contributed by atoms with Crippen LogP contribution in [0.3, 0.4) is 0 Å². The number of hydrogen-bond donors (Lipinski definition) is 3. The van der Waals surface area contributed by atoms with Crippen LogP contribution in [0.1, 0.15) is 12.5 Å². The lowest BCUT2D eigenvalue weighted by Gasteiger charge is -2.09. The van der Waals surface area contributed by atoms with Gasteiger partial charge in [-0.15, -0.1) is 11.3 Å². The Morgan fingerprint density at radius 2 is 2.14 bits per heavy atom. The molecular weight excluding hydrogens is 300 g/mol. The van der Waals surface area contributed by atoms with E-state index in [0.29, 0.717) is 17.9 Å². The number of hydrazine groups is 1. The van der Waals surface area contributed by atoms with Crippen LogP contribution in [0.15, 0.2) is 30.6 Å². The Hall–Kier alpha value is -2.22. The number of anilines is 1. The van der Waals surface area contributed by atoms with Gasteiger partial charge in [0.05, 0.1) is 23.4 Å². The van der Waals surface area contributed by atoms with Crippen LogP contribution in [-0.4, -0.2) is 21.7 Å². The number of aliphatic hydroxyl groups is 1. The van der Waals surface area contributed by atoms with E-state index in [1.54, 1.807) is 0 Å². The molecule has 0 atom stereocenters. The molecule has 22 heavy (non-hydrogen) atoms. The van der Waals surface area contributed by atoms with Crippen LogP contribution < -0.4 is 16.0 Å². The number of thiophene rings is 1. The van der Waals surface area contributed by atoms with Crippen LogP contribution >= 0.6 is 11.3 Å². The van der Waals surface area contributed by atoms with Crippen molar-refractivity contribution in [2.45, 2.75) is 13.5 Å². The van der Waals surface area contributed by atoms with Crippen LogP contribution in [0, 0.1) is 0 Å². The monoisotopic (exact) mass is 316 g/mol. The maximum absolute atomic E-state index is 9.80. The van der Waals surface area contributed by atoms with Gasteiger partial charge in [-0.1, -0.05) is 12.1 Å². The van der Waals surface area contributed by atoms with E-state index in [2.05, 4.69) is 15.4 Å².